The number of hydrogen-bond donors (Lipinski definition) is 0. The van der Waals surface area contributed by atoms with Crippen molar-refractivity contribution < 1.29 is 9.72 Å². The van der Waals surface area contributed by atoms with Gasteiger partial charge in [-0.2, -0.15) is 5.10 Å². The molecule has 0 unspecified atom stereocenters. The molecule has 0 N–H and O–H groups in total. The van der Waals surface area contributed by atoms with Crippen LogP contribution in [-0.4, -0.2) is 34.0 Å². The van der Waals surface area contributed by atoms with E-state index in [4.69, 9.17) is 0 Å². The number of hydrogen-bond acceptors (Lipinski definition) is 5. The number of hydrazone groups is 1. The number of nitro groups is 1. The van der Waals surface area contributed by atoms with Crippen LogP contribution >= 0.6 is 15.9 Å². The molecule has 4 rings (SSSR count). The number of nitrogens with zero attached hydrogens (tertiary/aromatic N) is 3. The first-order valence-corrected chi connectivity index (χ1v) is 9.09. The van der Waals surface area contributed by atoms with Crippen molar-refractivity contribution in [2.24, 2.45) is 5.10 Å². The van der Waals surface area contributed by atoms with Gasteiger partial charge >= 0.3 is 0 Å². The summed E-state index contributed by atoms with van der Waals surface area (Å²) in [5, 5.41) is 18.2. The number of benzene rings is 2. The zero-order chi connectivity index (χ0) is 18.4. The molecule has 0 spiro atoms. The van der Waals surface area contributed by atoms with Crippen LogP contribution in [0.4, 0.5) is 0 Å². The molecule has 7 heteroatoms. The van der Waals surface area contributed by atoms with Crippen molar-refractivity contribution in [1.29, 1.82) is 0 Å². The van der Waals surface area contributed by atoms with Gasteiger partial charge < -0.3 is 0 Å². The minimum Gasteiger partial charge on any atom is -0.298 e. The predicted octanol–water partition coefficient (Wildman–Crippen LogP) is 3.54. The van der Waals surface area contributed by atoms with Gasteiger partial charge in [0.05, 0.1) is 12.1 Å². The van der Waals surface area contributed by atoms with Gasteiger partial charge in [-0.1, -0.05) is 52.3 Å². The van der Waals surface area contributed by atoms with Gasteiger partial charge in [-0.25, -0.2) is 0 Å². The van der Waals surface area contributed by atoms with Gasteiger partial charge in [0.2, 0.25) is 6.04 Å². The number of halogens is 1. The van der Waals surface area contributed by atoms with E-state index in [-0.39, 0.29) is 10.7 Å². The fraction of sp³-hybridized carbons (Fsp3) is 0.263. The van der Waals surface area contributed by atoms with Crippen LogP contribution in [0.3, 0.4) is 0 Å². The molecule has 4 atom stereocenters. The van der Waals surface area contributed by atoms with Gasteiger partial charge in [0.25, 0.3) is 0 Å². The van der Waals surface area contributed by atoms with E-state index in [1.807, 2.05) is 48.5 Å². The lowest BCUT2D eigenvalue weighted by atomic mass is 9.84. The minimum absolute atomic E-state index is 0.121. The lowest BCUT2D eigenvalue weighted by Crippen LogP contribution is -2.36. The van der Waals surface area contributed by atoms with Gasteiger partial charge in [0, 0.05) is 15.0 Å². The summed E-state index contributed by atoms with van der Waals surface area (Å²) in [5.74, 6) is -0.687. The Morgan fingerprint density at radius 1 is 1.19 bits per heavy atom. The standard InChI is InChI=1S/C19H16BrN3O3/c1-11(24)17-16(12-6-8-14(20)9-7-12)19(23(25)26)18-15-5-3-2-4-13(15)10-21-22(17)18/h2-10,16-19H,1H3/t16-,17+,18-,19+/m1/s1. The summed E-state index contributed by atoms with van der Waals surface area (Å²) in [4.78, 5) is 24.3. The maximum atomic E-state index is 12.5. The highest BCUT2D eigenvalue weighted by Crippen LogP contribution is 2.49. The molecule has 0 aromatic heterocycles. The molecule has 1 saturated heterocycles. The van der Waals surface area contributed by atoms with Crippen LogP contribution < -0.4 is 0 Å². The number of carbonyl (C=O) groups is 1. The summed E-state index contributed by atoms with van der Waals surface area (Å²) >= 11 is 3.39. The first-order valence-electron chi connectivity index (χ1n) is 8.29. The Hall–Kier alpha value is -2.54. The highest BCUT2D eigenvalue weighted by atomic mass is 79.9. The van der Waals surface area contributed by atoms with Crippen LogP contribution in [0, 0.1) is 10.1 Å². The summed E-state index contributed by atoms with van der Waals surface area (Å²) in [7, 11) is 0. The maximum Gasteiger partial charge on any atom is 0.248 e. The Morgan fingerprint density at radius 3 is 2.54 bits per heavy atom. The molecule has 2 aliphatic heterocycles. The van der Waals surface area contributed by atoms with Gasteiger partial charge in [0.15, 0.2) is 5.78 Å². The third-order valence-corrected chi connectivity index (χ3v) is 5.69. The molecular weight excluding hydrogens is 398 g/mol. The summed E-state index contributed by atoms with van der Waals surface area (Å²) in [5.41, 5.74) is 2.48. The Kier molecular flexibility index (Phi) is 4.11. The normalized spacial score (nSPS) is 26.3. The molecule has 1 fully saturated rings. The highest BCUT2D eigenvalue weighted by Gasteiger charge is 2.59. The number of carbonyl (C=O) groups excluding carboxylic acids is 1. The van der Waals surface area contributed by atoms with Crippen molar-refractivity contribution in [2.75, 3.05) is 0 Å². The van der Waals surface area contributed by atoms with Crippen LogP contribution in [0.1, 0.15) is 35.6 Å². The fourth-order valence-corrected chi connectivity index (χ4v) is 4.39. The van der Waals surface area contributed by atoms with Crippen LogP contribution in [0.2, 0.25) is 0 Å². The van der Waals surface area contributed by atoms with Crippen molar-refractivity contribution in [3.05, 3.63) is 79.8 Å². The van der Waals surface area contributed by atoms with E-state index in [0.29, 0.717) is 0 Å². The Balaban J connectivity index is 1.91. The van der Waals surface area contributed by atoms with Crippen LogP contribution in [0.25, 0.3) is 0 Å². The van der Waals surface area contributed by atoms with E-state index >= 15 is 0 Å². The van der Waals surface area contributed by atoms with Gasteiger partial charge in [-0.15, -0.1) is 0 Å². The SMILES string of the molecule is CC(=O)[C@H]1[C@@H](c2ccc(Br)cc2)[C@H]([N+](=O)[O-])[C@H]2c3ccccc3C=NN21. The molecule has 26 heavy (non-hydrogen) atoms. The second-order valence-corrected chi connectivity index (χ2v) is 7.52. The lowest BCUT2D eigenvalue weighted by Gasteiger charge is -2.30. The molecular formula is C19H16BrN3O3. The van der Waals surface area contributed by atoms with E-state index in [9.17, 15) is 14.9 Å². The second kappa shape index (κ2) is 6.32. The van der Waals surface area contributed by atoms with E-state index in [1.54, 1.807) is 11.2 Å². The van der Waals surface area contributed by atoms with Gasteiger partial charge in [0.1, 0.15) is 12.1 Å². The average molecular weight is 414 g/mol. The zero-order valence-corrected chi connectivity index (χ0v) is 15.5. The van der Waals surface area contributed by atoms with Crippen molar-refractivity contribution in [3.63, 3.8) is 0 Å². The molecule has 0 amide bonds. The van der Waals surface area contributed by atoms with Crippen LogP contribution in [0.5, 0.6) is 0 Å². The predicted molar refractivity (Wildman–Crippen MR) is 101 cm³/mol. The molecule has 6 nitrogen and oxygen atoms in total. The van der Waals surface area contributed by atoms with Crippen molar-refractivity contribution >= 4 is 27.9 Å². The van der Waals surface area contributed by atoms with Gasteiger partial charge in [-0.05, 0) is 30.2 Å². The van der Waals surface area contributed by atoms with E-state index in [2.05, 4.69) is 21.0 Å². The molecule has 2 heterocycles. The highest BCUT2D eigenvalue weighted by molar-refractivity contribution is 9.10. The summed E-state index contributed by atoms with van der Waals surface area (Å²) in [6, 6.07) is 12.7. The summed E-state index contributed by atoms with van der Waals surface area (Å²) in [6.07, 6.45) is 1.68. The minimum atomic E-state index is -0.955. The molecule has 0 aliphatic carbocycles. The Morgan fingerprint density at radius 2 is 1.88 bits per heavy atom. The lowest BCUT2D eigenvalue weighted by molar-refractivity contribution is -0.529. The topological polar surface area (TPSA) is 75.8 Å². The van der Waals surface area contributed by atoms with Crippen molar-refractivity contribution in [2.45, 2.75) is 31.0 Å². The molecule has 0 radical (unpaired) electrons. The van der Waals surface area contributed by atoms with Crippen molar-refractivity contribution in [3.8, 4) is 0 Å². The molecule has 2 aliphatic rings. The molecule has 2 aromatic rings. The zero-order valence-electron chi connectivity index (χ0n) is 13.9. The van der Waals surface area contributed by atoms with E-state index in [0.717, 1.165) is 21.2 Å². The van der Waals surface area contributed by atoms with E-state index < -0.39 is 24.0 Å². The third kappa shape index (κ3) is 2.54. The monoisotopic (exact) mass is 413 g/mol. The Labute approximate surface area is 158 Å². The maximum absolute atomic E-state index is 12.5. The molecule has 0 saturated carbocycles. The Bertz CT molecular complexity index is 913. The van der Waals surface area contributed by atoms with Crippen molar-refractivity contribution in [1.82, 2.24) is 5.01 Å². The second-order valence-electron chi connectivity index (χ2n) is 6.61. The number of rotatable bonds is 3. The van der Waals surface area contributed by atoms with Gasteiger partial charge in [-0.3, -0.25) is 19.9 Å². The first kappa shape index (κ1) is 16.9. The smallest absolute Gasteiger partial charge is 0.248 e. The summed E-state index contributed by atoms with van der Waals surface area (Å²) in [6.45, 7) is 1.48. The number of Topliss-reactive ketones (excluding diaryl/α,β-unsaturated/α-hetero) is 1. The quantitative estimate of drug-likeness (QED) is 0.569. The number of ketones is 1. The van der Waals surface area contributed by atoms with E-state index in [1.165, 1.54) is 6.92 Å². The molecule has 0 bridgehead atoms. The fourth-order valence-electron chi connectivity index (χ4n) is 4.12. The molecule has 2 aromatic carbocycles. The summed E-state index contributed by atoms with van der Waals surface area (Å²) < 4.78 is 0.886. The van der Waals surface area contributed by atoms with Crippen LogP contribution in [-0.2, 0) is 4.79 Å². The van der Waals surface area contributed by atoms with Crippen LogP contribution in [0.15, 0.2) is 58.1 Å². The first-order chi connectivity index (χ1) is 12.5. The number of fused-ring (bicyclic) bond motifs is 3. The average Bonchev–Trinajstić information content (AvgIpc) is 2.98. The largest absolute Gasteiger partial charge is 0.298 e. The third-order valence-electron chi connectivity index (χ3n) is 5.16. The molecule has 132 valence electrons.